The standard InChI is InChI=1S/C15H13NO2/c1-10-3-2-4-12(7-10)15-16-13-8-11(9-17)5-6-14(13)18-15/h2-8,17H,9H2,1H3. The molecule has 0 saturated heterocycles. The molecule has 0 bridgehead atoms. The van der Waals surface area contributed by atoms with Crippen molar-refractivity contribution in [3.8, 4) is 11.5 Å². The van der Waals surface area contributed by atoms with Gasteiger partial charge in [0.05, 0.1) is 6.61 Å². The quantitative estimate of drug-likeness (QED) is 0.746. The predicted octanol–water partition coefficient (Wildman–Crippen LogP) is 3.30. The van der Waals surface area contributed by atoms with Crippen LogP contribution in [0.1, 0.15) is 11.1 Å². The molecule has 90 valence electrons. The Hall–Kier alpha value is -2.13. The fourth-order valence-electron chi connectivity index (χ4n) is 1.97. The first-order valence-electron chi connectivity index (χ1n) is 5.83. The number of aryl methyl sites for hydroxylation is 1. The molecule has 0 radical (unpaired) electrons. The number of aliphatic hydroxyl groups is 1. The number of nitrogens with zero attached hydrogens (tertiary/aromatic N) is 1. The summed E-state index contributed by atoms with van der Waals surface area (Å²) in [6, 6.07) is 13.6. The summed E-state index contributed by atoms with van der Waals surface area (Å²) in [6.07, 6.45) is 0. The Labute approximate surface area is 105 Å². The molecule has 0 amide bonds. The maximum atomic E-state index is 9.10. The lowest BCUT2D eigenvalue weighted by Gasteiger charge is -1.95. The van der Waals surface area contributed by atoms with Crippen molar-refractivity contribution in [3.05, 3.63) is 53.6 Å². The van der Waals surface area contributed by atoms with Gasteiger partial charge in [-0.3, -0.25) is 0 Å². The van der Waals surface area contributed by atoms with Crippen LogP contribution < -0.4 is 0 Å². The lowest BCUT2D eigenvalue weighted by molar-refractivity contribution is 0.282. The van der Waals surface area contributed by atoms with E-state index in [1.165, 1.54) is 5.56 Å². The highest BCUT2D eigenvalue weighted by molar-refractivity contribution is 5.76. The summed E-state index contributed by atoms with van der Waals surface area (Å²) in [5.41, 5.74) is 4.50. The van der Waals surface area contributed by atoms with Crippen molar-refractivity contribution in [3.63, 3.8) is 0 Å². The Morgan fingerprint density at radius 2 is 2.06 bits per heavy atom. The first-order chi connectivity index (χ1) is 8.76. The molecule has 0 saturated carbocycles. The van der Waals surface area contributed by atoms with Crippen molar-refractivity contribution in [2.24, 2.45) is 0 Å². The van der Waals surface area contributed by atoms with Crippen LogP contribution in [0.15, 0.2) is 46.9 Å². The van der Waals surface area contributed by atoms with Gasteiger partial charge in [0.2, 0.25) is 5.89 Å². The predicted molar refractivity (Wildman–Crippen MR) is 70.1 cm³/mol. The fraction of sp³-hybridized carbons (Fsp3) is 0.133. The van der Waals surface area contributed by atoms with Gasteiger partial charge in [0.15, 0.2) is 5.58 Å². The molecule has 18 heavy (non-hydrogen) atoms. The van der Waals surface area contributed by atoms with Crippen LogP contribution >= 0.6 is 0 Å². The number of fused-ring (bicyclic) bond motifs is 1. The Bertz CT molecular complexity index is 701. The molecular weight excluding hydrogens is 226 g/mol. The first kappa shape index (κ1) is 11.0. The Kier molecular flexibility index (Phi) is 2.61. The van der Waals surface area contributed by atoms with Crippen molar-refractivity contribution in [1.29, 1.82) is 0 Å². The average molecular weight is 239 g/mol. The maximum Gasteiger partial charge on any atom is 0.227 e. The lowest BCUT2D eigenvalue weighted by atomic mass is 10.1. The van der Waals surface area contributed by atoms with Crippen LogP contribution in [0, 0.1) is 6.92 Å². The van der Waals surface area contributed by atoms with Crippen LogP contribution in [-0.4, -0.2) is 10.1 Å². The number of aliphatic hydroxyl groups excluding tert-OH is 1. The van der Waals surface area contributed by atoms with Crippen LogP contribution in [-0.2, 0) is 6.61 Å². The summed E-state index contributed by atoms with van der Waals surface area (Å²) in [5.74, 6) is 0.615. The van der Waals surface area contributed by atoms with E-state index >= 15 is 0 Å². The van der Waals surface area contributed by atoms with Crippen molar-refractivity contribution in [2.45, 2.75) is 13.5 Å². The van der Waals surface area contributed by atoms with E-state index < -0.39 is 0 Å². The van der Waals surface area contributed by atoms with Gasteiger partial charge in [0.25, 0.3) is 0 Å². The zero-order valence-corrected chi connectivity index (χ0v) is 10.1. The number of rotatable bonds is 2. The number of hydrogen-bond donors (Lipinski definition) is 1. The molecule has 3 nitrogen and oxygen atoms in total. The van der Waals surface area contributed by atoms with E-state index in [2.05, 4.69) is 4.98 Å². The Morgan fingerprint density at radius 3 is 2.83 bits per heavy atom. The molecule has 0 aliphatic heterocycles. The summed E-state index contributed by atoms with van der Waals surface area (Å²) >= 11 is 0. The minimum absolute atomic E-state index is 0.0164. The minimum Gasteiger partial charge on any atom is -0.436 e. The van der Waals surface area contributed by atoms with Gasteiger partial charge < -0.3 is 9.52 Å². The summed E-state index contributed by atoms with van der Waals surface area (Å²) in [4.78, 5) is 4.45. The van der Waals surface area contributed by atoms with Crippen LogP contribution in [0.2, 0.25) is 0 Å². The molecule has 3 aromatic rings. The first-order valence-corrected chi connectivity index (χ1v) is 5.83. The van der Waals surface area contributed by atoms with Crippen LogP contribution in [0.4, 0.5) is 0 Å². The molecule has 0 atom stereocenters. The Balaban J connectivity index is 2.13. The van der Waals surface area contributed by atoms with Crippen LogP contribution in [0.5, 0.6) is 0 Å². The lowest BCUT2D eigenvalue weighted by Crippen LogP contribution is -1.81. The van der Waals surface area contributed by atoms with Crippen LogP contribution in [0.3, 0.4) is 0 Å². The fourth-order valence-corrected chi connectivity index (χ4v) is 1.97. The summed E-state index contributed by atoms with van der Waals surface area (Å²) in [5, 5.41) is 9.10. The molecule has 1 heterocycles. The van der Waals surface area contributed by atoms with Gasteiger partial charge in [-0.15, -0.1) is 0 Å². The van der Waals surface area contributed by atoms with Crippen molar-refractivity contribution in [1.82, 2.24) is 4.98 Å². The molecule has 1 N–H and O–H groups in total. The molecule has 3 heteroatoms. The SMILES string of the molecule is Cc1cccc(-c2nc3cc(CO)ccc3o2)c1. The van der Waals surface area contributed by atoms with E-state index in [0.717, 1.165) is 22.2 Å². The highest BCUT2D eigenvalue weighted by Crippen LogP contribution is 2.25. The largest absolute Gasteiger partial charge is 0.436 e. The molecule has 0 aliphatic rings. The van der Waals surface area contributed by atoms with Gasteiger partial charge in [0, 0.05) is 5.56 Å². The van der Waals surface area contributed by atoms with Crippen LogP contribution in [0.25, 0.3) is 22.6 Å². The number of aromatic nitrogens is 1. The molecule has 0 aliphatic carbocycles. The van der Waals surface area contributed by atoms with Gasteiger partial charge in [-0.05, 0) is 36.8 Å². The van der Waals surface area contributed by atoms with Crippen molar-refractivity contribution in [2.75, 3.05) is 0 Å². The number of hydrogen-bond acceptors (Lipinski definition) is 3. The topological polar surface area (TPSA) is 46.3 Å². The summed E-state index contributed by atoms with van der Waals surface area (Å²) in [6.45, 7) is 2.05. The highest BCUT2D eigenvalue weighted by atomic mass is 16.3. The second-order valence-corrected chi connectivity index (χ2v) is 4.35. The molecular formula is C15H13NO2. The molecule has 0 unspecified atom stereocenters. The van der Waals surface area contributed by atoms with E-state index in [4.69, 9.17) is 9.52 Å². The van der Waals surface area contributed by atoms with Crippen molar-refractivity contribution < 1.29 is 9.52 Å². The number of oxazole rings is 1. The van der Waals surface area contributed by atoms with Gasteiger partial charge in [-0.2, -0.15) is 0 Å². The second kappa shape index (κ2) is 4.27. The van der Waals surface area contributed by atoms with E-state index in [9.17, 15) is 0 Å². The number of benzene rings is 2. The second-order valence-electron chi connectivity index (χ2n) is 4.35. The van der Waals surface area contributed by atoms with E-state index in [-0.39, 0.29) is 6.61 Å². The van der Waals surface area contributed by atoms with E-state index in [1.807, 2.05) is 49.4 Å². The van der Waals surface area contributed by atoms with Gasteiger partial charge in [-0.1, -0.05) is 23.8 Å². The van der Waals surface area contributed by atoms with E-state index in [1.54, 1.807) is 0 Å². The normalized spacial score (nSPS) is 11.0. The molecule has 3 rings (SSSR count). The zero-order chi connectivity index (χ0) is 12.5. The van der Waals surface area contributed by atoms with E-state index in [0.29, 0.717) is 5.89 Å². The maximum absolute atomic E-state index is 9.10. The third-order valence-electron chi connectivity index (χ3n) is 2.90. The van der Waals surface area contributed by atoms with Crippen molar-refractivity contribution >= 4 is 11.1 Å². The summed E-state index contributed by atoms with van der Waals surface area (Å²) in [7, 11) is 0. The highest BCUT2D eigenvalue weighted by Gasteiger charge is 2.08. The third kappa shape index (κ3) is 1.89. The molecule has 2 aromatic carbocycles. The smallest absolute Gasteiger partial charge is 0.227 e. The molecule has 0 fully saturated rings. The summed E-state index contributed by atoms with van der Waals surface area (Å²) < 4.78 is 5.72. The Morgan fingerprint density at radius 1 is 1.17 bits per heavy atom. The average Bonchev–Trinajstić information content (AvgIpc) is 2.81. The monoisotopic (exact) mass is 239 g/mol. The molecule has 1 aromatic heterocycles. The van der Waals surface area contributed by atoms with Gasteiger partial charge in [-0.25, -0.2) is 4.98 Å². The minimum atomic E-state index is 0.0164. The zero-order valence-electron chi connectivity index (χ0n) is 10.1. The van der Waals surface area contributed by atoms with Gasteiger partial charge >= 0.3 is 0 Å². The third-order valence-corrected chi connectivity index (χ3v) is 2.90. The van der Waals surface area contributed by atoms with Gasteiger partial charge in [0.1, 0.15) is 5.52 Å². The molecule has 0 spiro atoms.